The van der Waals surface area contributed by atoms with Gasteiger partial charge >= 0.3 is 0 Å². The van der Waals surface area contributed by atoms with Crippen LogP contribution in [0, 0.1) is 0 Å². The van der Waals surface area contributed by atoms with Gasteiger partial charge < -0.3 is 5.11 Å². The molecular weight excluding hydrogens is 380 g/mol. The van der Waals surface area contributed by atoms with E-state index < -0.39 is 0 Å². The van der Waals surface area contributed by atoms with Crippen molar-refractivity contribution in [2.75, 3.05) is 6.61 Å². The number of Topliss-reactive ketones (excluding diaryl/α,β-unsaturated/α-hetero) is 2. The average Bonchev–Trinajstić information content (AvgIpc) is 3.61. The van der Waals surface area contributed by atoms with Crippen LogP contribution in [0.5, 0.6) is 0 Å². The summed E-state index contributed by atoms with van der Waals surface area (Å²) in [4.78, 5) is 34.5. The quantitative estimate of drug-likeness (QED) is 0.433. The van der Waals surface area contributed by atoms with Gasteiger partial charge in [0.05, 0.1) is 5.69 Å². The topological polar surface area (TPSA) is 80.1 Å². The van der Waals surface area contributed by atoms with Crippen LogP contribution in [-0.4, -0.2) is 33.2 Å². The predicted molar refractivity (Wildman–Crippen MR) is 107 cm³/mol. The van der Waals surface area contributed by atoms with Gasteiger partial charge in [-0.25, -0.2) is 9.97 Å². The first-order valence-corrected chi connectivity index (χ1v) is 11.5. The summed E-state index contributed by atoms with van der Waals surface area (Å²) in [5.41, 5.74) is 1.84. The van der Waals surface area contributed by atoms with Crippen molar-refractivity contribution in [3.8, 4) is 10.0 Å². The molecule has 2 fully saturated rings. The zero-order chi connectivity index (χ0) is 18.8. The first kappa shape index (κ1) is 18.9. The Morgan fingerprint density at radius 3 is 2.44 bits per heavy atom. The molecule has 5 nitrogen and oxygen atoms in total. The van der Waals surface area contributed by atoms with Crippen molar-refractivity contribution >= 4 is 34.2 Å². The van der Waals surface area contributed by atoms with Crippen LogP contribution in [-0.2, 0) is 4.79 Å². The molecule has 0 unspecified atom stereocenters. The molecule has 2 aliphatic carbocycles. The number of unbranched alkanes of at least 4 members (excludes halogenated alkanes) is 2. The van der Waals surface area contributed by atoms with Gasteiger partial charge in [-0.15, -0.1) is 22.7 Å². The summed E-state index contributed by atoms with van der Waals surface area (Å²) in [6.45, 7) is -0.384. The third-order valence-electron chi connectivity index (χ3n) is 5.10. The lowest BCUT2D eigenvalue weighted by Crippen LogP contribution is -2.04. The van der Waals surface area contributed by atoms with Gasteiger partial charge in [-0.1, -0.05) is 6.42 Å². The summed E-state index contributed by atoms with van der Waals surface area (Å²) in [6, 6.07) is 0. The fraction of sp³-hybridized carbons (Fsp3) is 0.600. The Bertz CT molecular complexity index is 834. The monoisotopic (exact) mass is 404 g/mol. The van der Waals surface area contributed by atoms with Crippen LogP contribution in [0.3, 0.4) is 0 Å². The van der Waals surface area contributed by atoms with Crippen LogP contribution in [0.2, 0.25) is 0 Å². The molecule has 7 heteroatoms. The van der Waals surface area contributed by atoms with Gasteiger partial charge in [-0.3, -0.25) is 9.59 Å². The van der Waals surface area contributed by atoms with E-state index in [2.05, 4.69) is 5.38 Å². The molecule has 0 spiro atoms. The fourth-order valence-corrected chi connectivity index (χ4v) is 5.37. The molecule has 2 aromatic rings. The molecule has 0 aromatic carbocycles. The van der Waals surface area contributed by atoms with E-state index in [1.165, 1.54) is 18.5 Å². The van der Waals surface area contributed by atoms with E-state index in [0.29, 0.717) is 30.4 Å². The third kappa shape index (κ3) is 4.70. The van der Waals surface area contributed by atoms with Crippen LogP contribution in [0.15, 0.2) is 5.38 Å². The maximum absolute atomic E-state index is 12.7. The molecular formula is C20H24N2O3S2. The molecule has 144 valence electrons. The Hall–Kier alpha value is -1.44. The van der Waals surface area contributed by atoms with Crippen LogP contribution in [0.4, 0.5) is 0 Å². The number of aliphatic hydroxyl groups excluding tert-OH is 1. The predicted octanol–water partition coefficient (Wildman–Crippen LogP) is 4.72. The highest BCUT2D eigenvalue weighted by Gasteiger charge is 2.33. The van der Waals surface area contributed by atoms with Crippen molar-refractivity contribution in [1.82, 2.24) is 9.97 Å². The maximum atomic E-state index is 12.7. The van der Waals surface area contributed by atoms with Crippen molar-refractivity contribution in [2.45, 2.75) is 69.6 Å². The van der Waals surface area contributed by atoms with Crippen molar-refractivity contribution in [3.63, 3.8) is 0 Å². The van der Waals surface area contributed by atoms with Gasteiger partial charge in [-0.2, -0.15) is 0 Å². The van der Waals surface area contributed by atoms with Gasteiger partial charge in [0.15, 0.2) is 21.6 Å². The second-order valence-corrected chi connectivity index (χ2v) is 9.43. The second-order valence-electron chi connectivity index (χ2n) is 7.54. The number of ketones is 2. The first-order valence-electron chi connectivity index (χ1n) is 9.78. The van der Waals surface area contributed by atoms with E-state index in [0.717, 1.165) is 47.0 Å². The van der Waals surface area contributed by atoms with Crippen molar-refractivity contribution in [1.29, 1.82) is 0 Å². The molecule has 4 rings (SSSR count). The molecule has 0 bridgehead atoms. The number of thiazole rings is 2. The number of nitrogens with zero attached hydrogens (tertiary/aromatic N) is 2. The molecule has 0 saturated heterocycles. The summed E-state index contributed by atoms with van der Waals surface area (Å²) in [6.07, 6.45) is 7.96. The Morgan fingerprint density at radius 1 is 1.00 bits per heavy atom. The molecule has 1 N–H and O–H groups in total. The largest absolute Gasteiger partial charge is 0.389 e. The summed E-state index contributed by atoms with van der Waals surface area (Å²) >= 11 is 3.29. The van der Waals surface area contributed by atoms with Crippen LogP contribution in [0.25, 0.3) is 10.0 Å². The van der Waals surface area contributed by atoms with Crippen LogP contribution >= 0.6 is 22.7 Å². The normalized spacial score (nSPS) is 16.6. The van der Waals surface area contributed by atoms with E-state index in [-0.39, 0.29) is 18.2 Å². The first-order chi connectivity index (χ1) is 13.2. The molecule has 0 amide bonds. The van der Waals surface area contributed by atoms with Gasteiger partial charge in [0.25, 0.3) is 0 Å². The highest BCUT2D eigenvalue weighted by molar-refractivity contribution is 7.21. The number of hydrogen-bond acceptors (Lipinski definition) is 7. The Morgan fingerprint density at radius 2 is 1.74 bits per heavy atom. The van der Waals surface area contributed by atoms with Crippen LogP contribution in [0.1, 0.15) is 90.7 Å². The minimum absolute atomic E-state index is 0.117. The number of aromatic nitrogens is 2. The molecule has 2 aliphatic rings. The lowest BCUT2D eigenvalue weighted by Gasteiger charge is -2.01. The van der Waals surface area contributed by atoms with Crippen molar-refractivity contribution in [3.05, 3.63) is 21.6 Å². The van der Waals surface area contributed by atoms with Gasteiger partial charge in [0.2, 0.25) is 0 Å². The van der Waals surface area contributed by atoms with Gasteiger partial charge in [0, 0.05) is 29.0 Å². The molecule has 2 heterocycles. The number of rotatable bonds is 11. The maximum Gasteiger partial charge on any atom is 0.182 e. The van der Waals surface area contributed by atoms with Crippen LogP contribution < -0.4 is 0 Å². The van der Waals surface area contributed by atoms with E-state index in [1.807, 2.05) is 0 Å². The van der Waals surface area contributed by atoms with Gasteiger partial charge in [0.1, 0.15) is 12.3 Å². The third-order valence-corrected chi connectivity index (χ3v) is 7.32. The fourth-order valence-electron chi connectivity index (χ4n) is 3.18. The summed E-state index contributed by atoms with van der Waals surface area (Å²) in [7, 11) is 0. The van der Waals surface area contributed by atoms with E-state index in [9.17, 15) is 9.59 Å². The highest BCUT2D eigenvalue weighted by Crippen LogP contribution is 2.47. The molecule has 27 heavy (non-hydrogen) atoms. The smallest absolute Gasteiger partial charge is 0.182 e. The summed E-state index contributed by atoms with van der Waals surface area (Å²) in [5.74, 6) is 1.12. The zero-order valence-corrected chi connectivity index (χ0v) is 16.9. The molecule has 0 aliphatic heterocycles. The van der Waals surface area contributed by atoms with Gasteiger partial charge in [-0.05, 0) is 44.4 Å². The highest BCUT2D eigenvalue weighted by atomic mass is 32.1. The molecule has 2 aromatic heterocycles. The molecule has 2 saturated carbocycles. The SMILES string of the molecule is O=C(CO)CCCCCC(=O)c1nc(-c2nc(C3CC3)cs2)sc1C1CC1. The van der Waals surface area contributed by atoms with Crippen molar-refractivity contribution < 1.29 is 14.7 Å². The van der Waals surface area contributed by atoms with Crippen molar-refractivity contribution in [2.24, 2.45) is 0 Å². The number of carbonyl (C=O) groups is 2. The number of hydrogen-bond donors (Lipinski definition) is 1. The standard InChI is InChI=1S/C20H24N2O3S2/c23-10-14(24)4-2-1-3-5-16(25)17-18(13-8-9-13)27-20(22-17)19-21-15(11-26-19)12-6-7-12/h11-13,23H,1-10H2. The minimum atomic E-state index is -0.384. The van der Waals surface area contributed by atoms with E-state index in [1.54, 1.807) is 22.7 Å². The second kappa shape index (κ2) is 8.29. The Labute approximate surface area is 166 Å². The van der Waals surface area contributed by atoms with E-state index >= 15 is 0 Å². The lowest BCUT2D eigenvalue weighted by molar-refractivity contribution is -0.121. The minimum Gasteiger partial charge on any atom is -0.389 e. The number of aliphatic hydroxyl groups is 1. The zero-order valence-electron chi connectivity index (χ0n) is 15.3. The summed E-state index contributed by atoms with van der Waals surface area (Å²) in [5, 5.41) is 12.7. The molecule has 0 radical (unpaired) electrons. The van der Waals surface area contributed by atoms with E-state index in [4.69, 9.17) is 15.1 Å². The molecule has 0 atom stereocenters. The average molecular weight is 405 g/mol. The Balaban J connectivity index is 1.39. The number of carbonyl (C=O) groups excluding carboxylic acids is 2. The Kier molecular flexibility index (Phi) is 5.80. The summed E-state index contributed by atoms with van der Waals surface area (Å²) < 4.78 is 0. The lowest BCUT2D eigenvalue weighted by atomic mass is 10.1.